The predicted molar refractivity (Wildman–Crippen MR) is 95.2 cm³/mol. The first-order valence-corrected chi connectivity index (χ1v) is 9.54. The van der Waals surface area contributed by atoms with Crippen molar-refractivity contribution in [1.29, 1.82) is 0 Å². The SMILES string of the molecule is CCCCCCCCCCC[C@H](C(=O)OC(C)(C)C)[C@H](N)C(F)(F)F. The van der Waals surface area contributed by atoms with Crippen LogP contribution < -0.4 is 5.73 Å². The second-order valence-corrected chi connectivity index (χ2v) is 7.82. The van der Waals surface area contributed by atoms with E-state index in [2.05, 4.69) is 6.92 Å². The molecule has 0 saturated heterocycles. The lowest BCUT2D eigenvalue weighted by molar-refractivity contribution is -0.183. The van der Waals surface area contributed by atoms with Crippen LogP contribution in [0.25, 0.3) is 0 Å². The number of hydrogen-bond donors (Lipinski definition) is 1. The number of rotatable bonds is 12. The van der Waals surface area contributed by atoms with Gasteiger partial charge in [0.25, 0.3) is 0 Å². The van der Waals surface area contributed by atoms with E-state index in [4.69, 9.17) is 10.5 Å². The van der Waals surface area contributed by atoms with Gasteiger partial charge in [-0.05, 0) is 27.2 Å². The van der Waals surface area contributed by atoms with Gasteiger partial charge in [0, 0.05) is 0 Å². The molecule has 3 nitrogen and oxygen atoms in total. The fraction of sp³-hybridized carbons (Fsp3) is 0.947. The highest BCUT2D eigenvalue weighted by molar-refractivity contribution is 5.73. The fourth-order valence-electron chi connectivity index (χ4n) is 2.72. The molecule has 0 saturated carbocycles. The van der Waals surface area contributed by atoms with Crippen LogP contribution in [0.4, 0.5) is 13.2 Å². The number of nitrogens with two attached hydrogens (primary N) is 1. The van der Waals surface area contributed by atoms with Gasteiger partial charge < -0.3 is 10.5 Å². The lowest BCUT2D eigenvalue weighted by Gasteiger charge is -2.28. The summed E-state index contributed by atoms with van der Waals surface area (Å²) in [5, 5.41) is 0. The molecule has 0 radical (unpaired) electrons. The molecule has 150 valence electrons. The van der Waals surface area contributed by atoms with Crippen LogP contribution in [0.3, 0.4) is 0 Å². The van der Waals surface area contributed by atoms with E-state index in [1.807, 2.05) is 0 Å². The molecular formula is C19H36F3NO2. The second-order valence-electron chi connectivity index (χ2n) is 7.82. The van der Waals surface area contributed by atoms with E-state index in [-0.39, 0.29) is 6.42 Å². The van der Waals surface area contributed by atoms with Crippen LogP contribution in [0.5, 0.6) is 0 Å². The maximum absolute atomic E-state index is 12.9. The molecule has 0 rings (SSSR count). The van der Waals surface area contributed by atoms with Crippen molar-refractivity contribution in [3.63, 3.8) is 0 Å². The molecule has 0 aliphatic heterocycles. The Hall–Kier alpha value is -0.780. The molecule has 2 N–H and O–H groups in total. The van der Waals surface area contributed by atoms with Crippen molar-refractivity contribution in [2.75, 3.05) is 0 Å². The molecule has 0 bridgehead atoms. The van der Waals surface area contributed by atoms with Crippen LogP contribution in [0.2, 0.25) is 0 Å². The number of halogens is 3. The standard InChI is InChI=1S/C19H36F3NO2/c1-5-6-7-8-9-10-11-12-13-14-15(16(23)19(20,21)22)17(24)25-18(2,3)4/h15-16H,5-14,23H2,1-4H3/t15-,16-/m0/s1. The van der Waals surface area contributed by atoms with Crippen LogP contribution in [0.15, 0.2) is 0 Å². The van der Waals surface area contributed by atoms with Crippen molar-refractivity contribution in [3.8, 4) is 0 Å². The first-order valence-electron chi connectivity index (χ1n) is 9.54. The molecule has 2 atom stereocenters. The predicted octanol–water partition coefficient (Wildman–Crippen LogP) is 5.75. The molecule has 0 fully saturated rings. The molecule has 0 unspecified atom stereocenters. The Morgan fingerprint density at radius 2 is 1.36 bits per heavy atom. The third-order valence-corrected chi connectivity index (χ3v) is 4.14. The zero-order valence-corrected chi connectivity index (χ0v) is 16.3. The lowest BCUT2D eigenvalue weighted by atomic mass is 9.92. The van der Waals surface area contributed by atoms with E-state index in [1.165, 1.54) is 25.7 Å². The first kappa shape index (κ1) is 24.2. The van der Waals surface area contributed by atoms with Gasteiger partial charge in [-0.3, -0.25) is 4.79 Å². The number of carbonyl (C=O) groups is 1. The van der Waals surface area contributed by atoms with Crippen molar-refractivity contribution >= 4 is 5.97 Å². The van der Waals surface area contributed by atoms with Crippen molar-refractivity contribution in [3.05, 3.63) is 0 Å². The van der Waals surface area contributed by atoms with Crippen LogP contribution in [0.1, 0.15) is 91.9 Å². The number of hydrogen-bond acceptors (Lipinski definition) is 3. The minimum Gasteiger partial charge on any atom is -0.460 e. The van der Waals surface area contributed by atoms with Gasteiger partial charge in [0.1, 0.15) is 11.6 Å². The van der Waals surface area contributed by atoms with E-state index in [0.717, 1.165) is 25.7 Å². The molecule has 0 amide bonds. The minimum absolute atomic E-state index is 0.116. The van der Waals surface area contributed by atoms with E-state index in [9.17, 15) is 18.0 Å². The zero-order chi connectivity index (χ0) is 19.5. The largest absolute Gasteiger partial charge is 0.460 e. The van der Waals surface area contributed by atoms with Gasteiger partial charge in [0.15, 0.2) is 0 Å². The average Bonchev–Trinajstić information content (AvgIpc) is 2.46. The van der Waals surface area contributed by atoms with Gasteiger partial charge in [0.05, 0.1) is 5.92 Å². The van der Waals surface area contributed by atoms with Gasteiger partial charge in [-0.1, -0.05) is 64.7 Å². The Labute approximate surface area is 150 Å². The molecular weight excluding hydrogens is 331 g/mol. The maximum atomic E-state index is 12.9. The quantitative estimate of drug-likeness (QED) is 0.353. The monoisotopic (exact) mass is 367 g/mol. The number of ether oxygens (including phenoxy) is 1. The van der Waals surface area contributed by atoms with Gasteiger partial charge >= 0.3 is 12.1 Å². The molecule has 6 heteroatoms. The summed E-state index contributed by atoms with van der Waals surface area (Å²) in [5.74, 6) is -2.18. The van der Waals surface area contributed by atoms with Crippen molar-refractivity contribution < 1.29 is 22.7 Å². The first-order chi connectivity index (χ1) is 11.5. The van der Waals surface area contributed by atoms with Crippen LogP contribution >= 0.6 is 0 Å². The summed E-state index contributed by atoms with van der Waals surface area (Å²) < 4.78 is 43.9. The summed E-state index contributed by atoms with van der Waals surface area (Å²) in [6, 6.07) is -2.17. The Morgan fingerprint density at radius 3 is 1.76 bits per heavy atom. The highest BCUT2D eigenvalue weighted by Gasteiger charge is 2.45. The summed E-state index contributed by atoms with van der Waals surface area (Å²) in [6.45, 7) is 7.09. The Balaban J connectivity index is 4.30. The molecule has 0 spiro atoms. The number of carbonyl (C=O) groups excluding carboxylic acids is 1. The summed E-state index contributed by atoms with van der Waals surface area (Å²) in [5.41, 5.74) is 4.48. The second kappa shape index (κ2) is 11.8. The highest BCUT2D eigenvalue weighted by Crippen LogP contribution is 2.29. The van der Waals surface area contributed by atoms with E-state index in [1.54, 1.807) is 20.8 Å². The van der Waals surface area contributed by atoms with E-state index >= 15 is 0 Å². The molecule has 25 heavy (non-hydrogen) atoms. The van der Waals surface area contributed by atoms with Crippen LogP contribution in [0, 0.1) is 5.92 Å². The van der Waals surface area contributed by atoms with Crippen LogP contribution in [-0.4, -0.2) is 23.8 Å². The van der Waals surface area contributed by atoms with Crippen molar-refractivity contribution in [1.82, 2.24) is 0 Å². The van der Waals surface area contributed by atoms with Crippen molar-refractivity contribution in [2.24, 2.45) is 11.7 Å². The molecule has 0 aliphatic rings. The Kier molecular flexibility index (Phi) is 11.4. The topological polar surface area (TPSA) is 52.3 Å². The van der Waals surface area contributed by atoms with Crippen molar-refractivity contribution in [2.45, 2.75) is 110 Å². The maximum Gasteiger partial charge on any atom is 0.404 e. The van der Waals surface area contributed by atoms with Gasteiger partial charge in [0.2, 0.25) is 0 Å². The average molecular weight is 367 g/mol. The highest BCUT2D eigenvalue weighted by atomic mass is 19.4. The summed E-state index contributed by atoms with van der Waals surface area (Å²) in [6.07, 6.45) is 5.06. The Bertz CT molecular complexity index is 365. The van der Waals surface area contributed by atoms with Gasteiger partial charge in [-0.15, -0.1) is 0 Å². The number of alkyl halides is 3. The van der Waals surface area contributed by atoms with Gasteiger partial charge in [-0.25, -0.2) is 0 Å². The minimum atomic E-state index is -4.60. The zero-order valence-electron chi connectivity index (χ0n) is 16.3. The third-order valence-electron chi connectivity index (χ3n) is 4.14. The van der Waals surface area contributed by atoms with Gasteiger partial charge in [-0.2, -0.15) is 13.2 Å². The molecule has 0 aromatic heterocycles. The van der Waals surface area contributed by atoms with E-state index in [0.29, 0.717) is 6.42 Å². The fourth-order valence-corrected chi connectivity index (χ4v) is 2.72. The summed E-state index contributed by atoms with van der Waals surface area (Å²) in [4.78, 5) is 12.1. The van der Waals surface area contributed by atoms with E-state index < -0.39 is 29.7 Å². The molecule has 0 aromatic rings. The normalized spacial score (nSPS) is 15.0. The summed E-state index contributed by atoms with van der Waals surface area (Å²) >= 11 is 0. The number of unbranched alkanes of at least 4 members (excludes halogenated alkanes) is 8. The molecule has 0 aromatic carbocycles. The van der Waals surface area contributed by atoms with Crippen LogP contribution in [-0.2, 0) is 9.53 Å². The Morgan fingerprint density at radius 1 is 0.920 bits per heavy atom. The smallest absolute Gasteiger partial charge is 0.404 e. The lowest BCUT2D eigenvalue weighted by Crippen LogP contribution is -2.48. The molecule has 0 heterocycles. The number of esters is 1. The molecule has 0 aliphatic carbocycles. The summed E-state index contributed by atoms with van der Waals surface area (Å²) in [7, 11) is 0. The third kappa shape index (κ3) is 12.2.